The molecule has 0 amide bonds. The second-order valence-corrected chi connectivity index (χ2v) is 1.78. The molecule has 1 N–H and O–H groups in total. The number of carboxylic acid groups (broad SMARTS) is 1. The molecular formula is C7H5AgFO2. The number of hydrogen-bond acceptors (Lipinski definition) is 1. The molecule has 4 heteroatoms. The summed E-state index contributed by atoms with van der Waals surface area (Å²) in [4.78, 5) is 10.2. The average molecular weight is 248 g/mol. The van der Waals surface area contributed by atoms with Crippen molar-refractivity contribution in [1.29, 1.82) is 0 Å². The summed E-state index contributed by atoms with van der Waals surface area (Å²) in [5.74, 6) is -1.94. The van der Waals surface area contributed by atoms with Crippen LogP contribution in [0.25, 0.3) is 0 Å². The van der Waals surface area contributed by atoms with Crippen LogP contribution in [0.3, 0.4) is 0 Å². The van der Waals surface area contributed by atoms with E-state index < -0.39 is 11.8 Å². The molecule has 0 saturated heterocycles. The maximum absolute atomic E-state index is 12.5. The van der Waals surface area contributed by atoms with E-state index in [4.69, 9.17) is 5.11 Å². The summed E-state index contributed by atoms with van der Waals surface area (Å²) in [6, 6.07) is 5.26. The van der Waals surface area contributed by atoms with Crippen LogP contribution in [0.4, 0.5) is 4.39 Å². The molecular weight excluding hydrogens is 243 g/mol. The Hall–Kier alpha value is -0.640. The van der Waals surface area contributed by atoms with E-state index in [0.717, 1.165) is 6.07 Å². The van der Waals surface area contributed by atoms with Crippen molar-refractivity contribution in [2.45, 2.75) is 0 Å². The number of carbonyl (C=O) groups is 1. The van der Waals surface area contributed by atoms with Gasteiger partial charge in [0.2, 0.25) is 0 Å². The van der Waals surface area contributed by atoms with Crippen LogP contribution in [0.1, 0.15) is 10.4 Å². The van der Waals surface area contributed by atoms with Gasteiger partial charge in [-0.25, -0.2) is 9.18 Å². The van der Waals surface area contributed by atoms with Crippen LogP contribution in [-0.4, -0.2) is 11.1 Å². The fraction of sp³-hybridized carbons (Fsp3) is 0. The second-order valence-electron chi connectivity index (χ2n) is 1.78. The van der Waals surface area contributed by atoms with Crippen molar-refractivity contribution < 1.29 is 36.7 Å². The average Bonchev–Trinajstić information content (AvgIpc) is 1.88. The third-order valence-corrected chi connectivity index (χ3v) is 1.10. The molecule has 0 aliphatic heterocycles. The Labute approximate surface area is 78.6 Å². The number of rotatable bonds is 1. The van der Waals surface area contributed by atoms with Crippen LogP contribution in [0.5, 0.6) is 0 Å². The van der Waals surface area contributed by atoms with Crippen LogP contribution in [0.15, 0.2) is 24.3 Å². The molecule has 1 radical (unpaired) electrons. The second kappa shape index (κ2) is 4.28. The largest absolute Gasteiger partial charge is 0.478 e. The molecule has 0 heterocycles. The summed E-state index contributed by atoms with van der Waals surface area (Å²) >= 11 is 0. The first-order valence-corrected chi connectivity index (χ1v) is 2.69. The van der Waals surface area contributed by atoms with Crippen molar-refractivity contribution >= 4 is 5.97 Å². The topological polar surface area (TPSA) is 37.3 Å². The zero-order chi connectivity index (χ0) is 7.56. The van der Waals surface area contributed by atoms with E-state index in [9.17, 15) is 9.18 Å². The molecule has 0 aliphatic carbocycles. The maximum atomic E-state index is 12.5. The predicted octanol–water partition coefficient (Wildman–Crippen LogP) is 1.52. The van der Waals surface area contributed by atoms with Crippen molar-refractivity contribution in [3.63, 3.8) is 0 Å². The first-order chi connectivity index (χ1) is 4.72. The number of halogens is 1. The van der Waals surface area contributed by atoms with E-state index in [1.54, 1.807) is 0 Å². The molecule has 63 valence electrons. The summed E-state index contributed by atoms with van der Waals surface area (Å²) in [7, 11) is 0. The van der Waals surface area contributed by atoms with Gasteiger partial charge in [-0.2, -0.15) is 0 Å². The third-order valence-electron chi connectivity index (χ3n) is 1.10. The van der Waals surface area contributed by atoms with Crippen molar-refractivity contribution in [1.82, 2.24) is 0 Å². The van der Waals surface area contributed by atoms with Crippen molar-refractivity contribution in [2.24, 2.45) is 0 Å². The Bertz CT molecular complexity index is 262. The van der Waals surface area contributed by atoms with Gasteiger partial charge < -0.3 is 5.11 Å². The van der Waals surface area contributed by atoms with Gasteiger partial charge in [0.1, 0.15) is 5.82 Å². The molecule has 1 aromatic rings. The monoisotopic (exact) mass is 247 g/mol. The van der Waals surface area contributed by atoms with Gasteiger partial charge in [0, 0.05) is 22.4 Å². The van der Waals surface area contributed by atoms with E-state index in [2.05, 4.69) is 0 Å². The molecule has 0 aliphatic rings. The molecule has 0 bridgehead atoms. The SMILES string of the molecule is O=C(O)c1ccccc1F.[Ag]. The quantitative estimate of drug-likeness (QED) is 0.765. The molecule has 0 saturated carbocycles. The van der Waals surface area contributed by atoms with E-state index >= 15 is 0 Å². The Balaban J connectivity index is 0.000001000. The molecule has 11 heavy (non-hydrogen) atoms. The number of aromatic carboxylic acids is 1. The fourth-order valence-corrected chi connectivity index (χ4v) is 0.635. The zero-order valence-corrected chi connectivity index (χ0v) is 6.83. The van der Waals surface area contributed by atoms with E-state index in [0.29, 0.717) is 0 Å². The van der Waals surface area contributed by atoms with Gasteiger partial charge in [-0.15, -0.1) is 0 Å². The van der Waals surface area contributed by atoms with Gasteiger partial charge >= 0.3 is 5.97 Å². The van der Waals surface area contributed by atoms with Crippen molar-refractivity contribution in [2.75, 3.05) is 0 Å². The van der Waals surface area contributed by atoms with E-state index in [1.807, 2.05) is 0 Å². The number of hydrogen-bond donors (Lipinski definition) is 1. The maximum Gasteiger partial charge on any atom is 0.338 e. The molecule has 2 nitrogen and oxygen atoms in total. The van der Waals surface area contributed by atoms with Gasteiger partial charge in [-0.3, -0.25) is 0 Å². The van der Waals surface area contributed by atoms with Gasteiger partial charge in [0.25, 0.3) is 0 Å². The molecule has 0 spiro atoms. The standard InChI is InChI=1S/C7H5FO2.Ag/c8-6-4-2-1-3-5(6)7(9)10;/h1-4H,(H,9,10);. The predicted molar refractivity (Wildman–Crippen MR) is 33.4 cm³/mol. The Kier molecular flexibility index (Phi) is 4.03. The summed E-state index contributed by atoms with van der Waals surface area (Å²) in [6.07, 6.45) is 0. The Morgan fingerprint density at radius 1 is 1.36 bits per heavy atom. The van der Waals surface area contributed by atoms with Gasteiger partial charge in [0.05, 0.1) is 5.56 Å². The molecule has 1 aromatic carbocycles. The Morgan fingerprint density at radius 2 is 1.91 bits per heavy atom. The molecule has 0 fully saturated rings. The van der Waals surface area contributed by atoms with Crippen molar-refractivity contribution in [3.8, 4) is 0 Å². The normalized spacial score (nSPS) is 8.45. The summed E-state index contributed by atoms with van der Waals surface area (Å²) in [6.45, 7) is 0. The third kappa shape index (κ3) is 2.46. The summed E-state index contributed by atoms with van der Waals surface area (Å²) in [5.41, 5.74) is -0.289. The van der Waals surface area contributed by atoms with E-state index in [1.165, 1.54) is 18.2 Å². The summed E-state index contributed by atoms with van der Waals surface area (Å²) < 4.78 is 12.5. The van der Waals surface area contributed by atoms with Crippen molar-refractivity contribution in [3.05, 3.63) is 35.6 Å². The first kappa shape index (κ1) is 10.4. The molecule has 0 atom stereocenters. The van der Waals surface area contributed by atoms with Crippen LogP contribution >= 0.6 is 0 Å². The van der Waals surface area contributed by atoms with Crippen LogP contribution in [0.2, 0.25) is 0 Å². The first-order valence-electron chi connectivity index (χ1n) is 2.69. The Morgan fingerprint density at radius 3 is 2.27 bits per heavy atom. The smallest absolute Gasteiger partial charge is 0.338 e. The number of benzene rings is 1. The minimum atomic E-state index is -1.24. The zero-order valence-electron chi connectivity index (χ0n) is 5.34. The van der Waals surface area contributed by atoms with Crippen LogP contribution < -0.4 is 0 Å². The number of carboxylic acids is 1. The molecule has 0 unspecified atom stereocenters. The summed E-state index contributed by atoms with van der Waals surface area (Å²) in [5, 5.41) is 8.33. The molecule has 0 aromatic heterocycles. The van der Waals surface area contributed by atoms with Gasteiger partial charge in [0.15, 0.2) is 0 Å². The molecule has 1 rings (SSSR count). The van der Waals surface area contributed by atoms with Crippen LogP contribution in [-0.2, 0) is 22.4 Å². The minimum Gasteiger partial charge on any atom is -0.478 e. The van der Waals surface area contributed by atoms with Crippen LogP contribution in [0, 0.1) is 5.82 Å². The van der Waals surface area contributed by atoms with E-state index in [-0.39, 0.29) is 27.9 Å². The fourth-order valence-electron chi connectivity index (χ4n) is 0.635. The minimum absolute atomic E-state index is 0. The van der Waals surface area contributed by atoms with Gasteiger partial charge in [-0.1, -0.05) is 12.1 Å². The van der Waals surface area contributed by atoms with Gasteiger partial charge in [-0.05, 0) is 12.1 Å².